The topological polar surface area (TPSA) is 191 Å². The number of carboxylic acids is 1. The number of nitrogens with one attached hydrogen (secondary N) is 2. The Hall–Kier alpha value is -5.06. The van der Waals surface area contributed by atoms with E-state index < -0.39 is 29.1 Å². The second kappa shape index (κ2) is 28.9. The predicted molar refractivity (Wildman–Crippen MR) is 317 cm³/mol. The fraction of sp³-hybridized carbons (Fsp3) is 0.421. The van der Waals surface area contributed by atoms with Crippen molar-refractivity contribution < 1.29 is 29.0 Å². The Morgan fingerprint density at radius 1 is 0.487 bits per heavy atom. The summed E-state index contributed by atoms with van der Waals surface area (Å²) in [6, 6.07) is 16.0. The number of carbonyl (C=O) groups excluding carboxylic acids is 2. The van der Waals surface area contributed by atoms with Crippen molar-refractivity contribution in [2.24, 2.45) is 0 Å². The summed E-state index contributed by atoms with van der Waals surface area (Å²) in [5.74, 6) is -1.16. The first-order valence-corrected chi connectivity index (χ1v) is 27.8. The Labute approximate surface area is 493 Å². The zero-order chi connectivity index (χ0) is 58.6. The molecule has 0 aliphatic rings. The van der Waals surface area contributed by atoms with Crippen LogP contribution in [-0.2, 0) is 28.7 Å². The van der Waals surface area contributed by atoms with Gasteiger partial charge in [0.1, 0.15) is 28.0 Å². The summed E-state index contributed by atoms with van der Waals surface area (Å²) in [5.41, 5.74) is 6.07. The molecule has 14 nitrogen and oxygen atoms in total. The van der Waals surface area contributed by atoms with Crippen LogP contribution in [0.5, 0.6) is 0 Å². The van der Waals surface area contributed by atoms with Gasteiger partial charge in [-0.1, -0.05) is 141 Å². The van der Waals surface area contributed by atoms with Crippen LogP contribution in [0, 0.1) is 0 Å². The highest BCUT2D eigenvalue weighted by atomic mass is 35.5. The van der Waals surface area contributed by atoms with Gasteiger partial charge >= 0.3 is 17.9 Å². The second-order valence-corrected chi connectivity index (χ2v) is 23.7. The van der Waals surface area contributed by atoms with Crippen LogP contribution in [0.25, 0.3) is 0 Å². The van der Waals surface area contributed by atoms with Crippen molar-refractivity contribution in [3.63, 3.8) is 0 Å². The maximum atomic E-state index is 12.5. The maximum absolute atomic E-state index is 12.5. The highest BCUT2D eigenvalue weighted by Crippen LogP contribution is 2.34. The minimum absolute atomic E-state index is 0.0396. The molecule has 3 N–H and O–H groups in total. The van der Waals surface area contributed by atoms with Gasteiger partial charge in [-0.2, -0.15) is 0 Å². The second-order valence-electron chi connectivity index (χ2n) is 20.8. The number of anilines is 2. The first kappa shape index (κ1) is 65.5. The van der Waals surface area contributed by atoms with Crippen LogP contribution in [0.1, 0.15) is 197 Å². The number of carbonyl (C=O) groups is 3. The van der Waals surface area contributed by atoms with E-state index in [0.717, 1.165) is 39.1 Å². The number of carboxylic acid groups (broad SMARTS) is 1. The zero-order valence-electron chi connectivity index (χ0n) is 46.3. The molecule has 0 amide bonds. The highest BCUT2D eigenvalue weighted by Gasteiger charge is 2.27. The van der Waals surface area contributed by atoms with E-state index in [1.807, 2.05) is 94.4 Å². The number of aromatic nitrogens is 6. The van der Waals surface area contributed by atoms with Gasteiger partial charge < -0.3 is 25.2 Å². The third kappa shape index (κ3) is 19.3. The average molecular weight is 1210 g/mol. The largest absolute Gasteiger partial charge is 0.475 e. The van der Waals surface area contributed by atoms with Crippen LogP contribution < -0.4 is 10.6 Å². The standard InChI is InChI=1S/C21H27Cl2N3O2.C19H21Cl3N2O2.C17H19Cl2N3O2/c1-7-24-18-15(10-13-8-9-14(22)11-16(13)23)17(12(2)3)25-19(26-18)20(27)28-21(4,5)6;1-10(2)15-13(8-11-6-7-12(20)9-14(11)21)16(22)24-17(23-15)18(25)26-19(3,4)5;1-4-20-15-12(7-10-5-6-11(18)8-13(10)19)14(9(2)3)21-16(22-15)17(23)24/h8-9,11-12H,7,10H2,1-6H3,(H,24,25,26);6-7,9-10H,8H2,1-5H3;5-6,8-9H,4,7H2,1-3H3,(H,23,24)(H,20,21,22). The van der Waals surface area contributed by atoms with E-state index in [1.54, 1.807) is 57.2 Å². The Morgan fingerprint density at radius 3 is 1.10 bits per heavy atom. The van der Waals surface area contributed by atoms with Crippen LogP contribution in [0.4, 0.5) is 11.6 Å². The predicted octanol–water partition coefficient (Wildman–Crippen LogP) is 16.6. The summed E-state index contributed by atoms with van der Waals surface area (Å²) in [6.45, 7) is 27.9. The third-order valence-electron chi connectivity index (χ3n) is 10.9. The fourth-order valence-corrected chi connectivity index (χ4v) is 9.21. The lowest BCUT2D eigenvalue weighted by atomic mass is 9.97. The smallest absolute Gasteiger partial charge is 0.376 e. The highest BCUT2D eigenvalue weighted by molar-refractivity contribution is 6.36. The molecule has 0 unspecified atom stereocenters. The molecule has 0 bridgehead atoms. The van der Waals surface area contributed by atoms with Crippen molar-refractivity contribution in [2.45, 2.75) is 145 Å². The fourth-order valence-electron chi connectivity index (χ4n) is 7.54. The van der Waals surface area contributed by atoms with E-state index in [9.17, 15) is 19.5 Å². The molecule has 3 aromatic carbocycles. The Morgan fingerprint density at radius 2 is 0.795 bits per heavy atom. The van der Waals surface area contributed by atoms with E-state index in [1.165, 1.54) is 0 Å². The minimum Gasteiger partial charge on any atom is -0.475 e. The van der Waals surface area contributed by atoms with Gasteiger partial charge in [-0.05, 0) is 126 Å². The molecule has 0 fully saturated rings. The van der Waals surface area contributed by atoms with Crippen molar-refractivity contribution >= 4 is 111 Å². The number of nitrogens with zero attached hydrogens (tertiary/aromatic N) is 6. The van der Waals surface area contributed by atoms with Gasteiger partial charge in [0.05, 0.1) is 17.1 Å². The third-order valence-corrected chi connectivity index (χ3v) is 13.0. The van der Waals surface area contributed by atoms with E-state index >= 15 is 0 Å². The van der Waals surface area contributed by atoms with Gasteiger partial charge in [0.2, 0.25) is 17.5 Å². The van der Waals surface area contributed by atoms with Crippen LogP contribution in [0.3, 0.4) is 0 Å². The molecule has 0 saturated heterocycles. The summed E-state index contributed by atoms with van der Waals surface area (Å²) in [7, 11) is 0. The van der Waals surface area contributed by atoms with Crippen LogP contribution in [0.2, 0.25) is 35.3 Å². The van der Waals surface area contributed by atoms with Gasteiger partial charge in [0.15, 0.2) is 0 Å². The van der Waals surface area contributed by atoms with Crippen molar-refractivity contribution in [1.29, 1.82) is 0 Å². The molecule has 0 spiro atoms. The number of ether oxygens (including phenoxy) is 2. The molecule has 0 radical (unpaired) electrons. The normalized spacial score (nSPS) is 11.4. The van der Waals surface area contributed by atoms with E-state index in [-0.39, 0.29) is 40.4 Å². The first-order chi connectivity index (χ1) is 36.3. The van der Waals surface area contributed by atoms with Crippen LogP contribution in [0.15, 0.2) is 54.6 Å². The van der Waals surface area contributed by atoms with Gasteiger partial charge in [-0.15, -0.1) is 0 Å². The Balaban J connectivity index is 0.000000253. The molecule has 3 heterocycles. The molecule has 21 heteroatoms. The van der Waals surface area contributed by atoms with Crippen molar-refractivity contribution in [3.8, 4) is 0 Å². The van der Waals surface area contributed by atoms with Gasteiger partial charge in [-0.25, -0.2) is 44.3 Å². The maximum Gasteiger partial charge on any atom is 0.376 e. The number of hydrogen-bond acceptors (Lipinski definition) is 13. The van der Waals surface area contributed by atoms with Crippen molar-refractivity contribution in [1.82, 2.24) is 29.9 Å². The first-order valence-electron chi connectivity index (χ1n) is 25.2. The molecule has 420 valence electrons. The summed E-state index contributed by atoms with van der Waals surface area (Å²) >= 11 is 43.3. The quantitative estimate of drug-likeness (QED) is 0.0612. The van der Waals surface area contributed by atoms with E-state index in [4.69, 9.17) is 90.7 Å². The van der Waals surface area contributed by atoms with Crippen LogP contribution in [-0.4, -0.2) is 77.2 Å². The van der Waals surface area contributed by atoms with E-state index in [0.29, 0.717) is 85.5 Å². The monoisotopic (exact) mass is 1200 g/mol. The summed E-state index contributed by atoms with van der Waals surface area (Å²) < 4.78 is 10.8. The lowest BCUT2D eigenvalue weighted by Gasteiger charge is -2.21. The molecular weight excluding hydrogens is 1140 g/mol. The molecule has 3 aromatic heterocycles. The van der Waals surface area contributed by atoms with Crippen LogP contribution >= 0.6 is 81.2 Å². The lowest BCUT2D eigenvalue weighted by molar-refractivity contribution is 0.00431. The Kier molecular flexibility index (Phi) is 24.2. The molecule has 6 rings (SSSR count). The van der Waals surface area contributed by atoms with Crippen molar-refractivity contribution in [3.05, 3.63) is 158 Å². The van der Waals surface area contributed by atoms with Gasteiger partial charge in [0.25, 0.3) is 0 Å². The molecule has 6 aromatic rings. The van der Waals surface area contributed by atoms with Gasteiger partial charge in [0, 0.05) is 79.2 Å². The number of hydrogen-bond donors (Lipinski definition) is 3. The molecule has 0 aliphatic carbocycles. The number of halogens is 7. The molecule has 0 aliphatic heterocycles. The van der Waals surface area contributed by atoms with Gasteiger partial charge in [-0.3, -0.25) is 0 Å². The number of benzene rings is 3. The molecular formula is C57H67Cl7N8O6. The average Bonchev–Trinajstić information content (AvgIpc) is 3.32. The lowest BCUT2D eigenvalue weighted by Crippen LogP contribution is -2.26. The summed E-state index contributed by atoms with van der Waals surface area (Å²) in [6.07, 6.45) is 1.46. The number of esters is 2. The minimum atomic E-state index is -1.15. The number of aromatic carboxylic acids is 1. The summed E-state index contributed by atoms with van der Waals surface area (Å²) in [4.78, 5) is 62.1. The SMILES string of the molecule is CC(C)c1nc(C(=O)OC(C)(C)C)nc(Cl)c1Cc1ccc(Cl)cc1Cl.CCNc1nc(C(=O)O)nc(C(C)C)c1Cc1ccc(Cl)cc1Cl.CCNc1nc(C(=O)OC(C)(C)C)nc(C(C)C)c1Cc1ccc(Cl)cc1Cl. The Bertz CT molecular complexity index is 3110. The van der Waals surface area contributed by atoms with E-state index in [2.05, 4.69) is 40.5 Å². The summed E-state index contributed by atoms with van der Waals surface area (Å²) in [5, 5.41) is 19.2. The molecule has 0 saturated carbocycles. The molecule has 78 heavy (non-hydrogen) atoms. The van der Waals surface area contributed by atoms with Crippen molar-refractivity contribution in [2.75, 3.05) is 23.7 Å². The molecule has 0 atom stereocenters. The zero-order valence-corrected chi connectivity index (χ0v) is 51.6. The number of rotatable bonds is 16.